The summed E-state index contributed by atoms with van der Waals surface area (Å²) >= 11 is 0. The lowest BCUT2D eigenvalue weighted by atomic mass is 10.2. The van der Waals surface area contributed by atoms with E-state index in [1.54, 1.807) is 7.05 Å². The van der Waals surface area contributed by atoms with Gasteiger partial charge in [0.1, 0.15) is 5.69 Å². The standard InChI is InChI=1S/C12H14N4O/c1-16-11(10(13)8-15-16)12(17)14-7-9-5-3-2-4-6-9/h2-6,8H,7,13H2,1H3,(H,14,17). The largest absolute Gasteiger partial charge is 0.396 e. The summed E-state index contributed by atoms with van der Waals surface area (Å²) in [6.45, 7) is 0.476. The summed E-state index contributed by atoms with van der Waals surface area (Å²) in [4.78, 5) is 11.9. The lowest BCUT2D eigenvalue weighted by Gasteiger charge is -2.06. The summed E-state index contributed by atoms with van der Waals surface area (Å²) in [6, 6.07) is 9.70. The first-order valence-corrected chi connectivity index (χ1v) is 5.28. The predicted octanol–water partition coefficient (Wildman–Crippen LogP) is 0.932. The molecule has 2 rings (SSSR count). The van der Waals surface area contributed by atoms with Crippen LogP contribution in [0.15, 0.2) is 36.5 Å². The summed E-state index contributed by atoms with van der Waals surface area (Å²) in [5.74, 6) is -0.216. The number of hydrogen-bond acceptors (Lipinski definition) is 3. The van der Waals surface area contributed by atoms with Gasteiger partial charge in [0.05, 0.1) is 11.9 Å². The number of hydrogen-bond donors (Lipinski definition) is 2. The smallest absolute Gasteiger partial charge is 0.271 e. The monoisotopic (exact) mass is 230 g/mol. The van der Waals surface area contributed by atoms with Gasteiger partial charge in [0.25, 0.3) is 5.91 Å². The van der Waals surface area contributed by atoms with Crippen LogP contribution < -0.4 is 11.1 Å². The quantitative estimate of drug-likeness (QED) is 0.824. The molecule has 1 amide bonds. The van der Waals surface area contributed by atoms with Gasteiger partial charge in [-0.2, -0.15) is 5.10 Å². The molecule has 0 aliphatic carbocycles. The molecule has 3 N–H and O–H groups in total. The predicted molar refractivity (Wildman–Crippen MR) is 65.2 cm³/mol. The van der Waals surface area contributed by atoms with E-state index in [0.29, 0.717) is 17.9 Å². The van der Waals surface area contributed by atoms with Crippen LogP contribution in [0.3, 0.4) is 0 Å². The number of nitrogens with two attached hydrogens (primary N) is 1. The van der Waals surface area contributed by atoms with Crippen molar-refractivity contribution in [1.29, 1.82) is 0 Å². The normalized spacial score (nSPS) is 10.2. The van der Waals surface area contributed by atoms with E-state index in [2.05, 4.69) is 10.4 Å². The summed E-state index contributed by atoms with van der Waals surface area (Å²) in [5.41, 5.74) is 7.49. The zero-order valence-electron chi connectivity index (χ0n) is 9.55. The molecule has 0 aliphatic rings. The number of anilines is 1. The van der Waals surface area contributed by atoms with Crippen molar-refractivity contribution >= 4 is 11.6 Å². The molecule has 1 aromatic heterocycles. The Labute approximate surface area is 99.2 Å². The number of carbonyl (C=O) groups excluding carboxylic acids is 1. The summed E-state index contributed by atoms with van der Waals surface area (Å²) < 4.78 is 1.47. The maximum atomic E-state index is 11.9. The molecule has 0 saturated heterocycles. The second kappa shape index (κ2) is 4.69. The molecule has 0 radical (unpaired) electrons. The highest BCUT2D eigenvalue weighted by atomic mass is 16.2. The maximum Gasteiger partial charge on any atom is 0.271 e. The van der Waals surface area contributed by atoms with Gasteiger partial charge in [-0.05, 0) is 5.56 Å². The van der Waals surface area contributed by atoms with Crippen molar-refractivity contribution in [1.82, 2.24) is 15.1 Å². The van der Waals surface area contributed by atoms with Gasteiger partial charge in [0.2, 0.25) is 0 Å². The molecule has 0 spiro atoms. The first-order valence-electron chi connectivity index (χ1n) is 5.28. The summed E-state index contributed by atoms with van der Waals surface area (Å²) in [5, 5.41) is 6.73. The molecule has 88 valence electrons. The number of nitrogens with zero attached hydrogens (tertiary/aromatic N) is 2. The molecule has 0 fully saturated rings. The molecule has 17 heavy (non-hydrogen) atoms. The van der Waals surface area contributed by atoms with Crippen LogP contribution in [0.4, 0.5) is 5.69 Å². The highest BCUT2D eigenvalue weighted by Crippen LogP contribution is 2.09. The fourth-order valence-electron chi connectivity index (χ4n) is 1.59. The topological polar surface area (TPSA) is 72.9 Å². The van der Waals surface area contributed by atoms with Crippen molar-refractivity contribution in [3.8, 4) is 0 Å². The van der Waals surface area contributed by atoms with Crippen LogP contribution in [0.1, 0.15) is 16.1 Å². The Kier molecular flexibility index (Phi) is 3.09. The molecule has 0 aliphatic heterocycles. The molecular formula is C12H14N4O. The minimum Gasteiger partial charge on any atom is -0.396 e. The third kappa shape index (κ3) is 2.44. The number of aryl methyl sites for hydroxylation is 1. The van der Waals surface area contributed by atoms with Gasteiger partial charge in [-0.15, -0.1) is 0 Å². The van der Waals surface area contributed by atoms with E-state index in [1.807, 2.05) is 30.3 Å². The third-order valence-electron chi connectivity index (χ3n) is 2.48. The summed E-state index contributed by atoms with van der Waals surface area (Å²) in [6.07, 6.45) is 1.47. The zero-order valence-corrected chi connectivity index (χ0v) is 9.55. The fraction of sp³-hybridized carbons (Fsp3) is 0.167. The molecule has 1 aromatic carbocycles. The molecule has 5 nitrogen and oxygen atoms in total. The van der Waals surface area contributed by atoms with Gasteiger partial charge in [-0.25, -0.2) is 0 Å². The van der Waals surface area contributed by atoms with E-state index < -0.39 is 0 Å². The number of nitrogens with one attached hydrogen (secondary N) is 1. The van der Waals surface area contributed by atoms with Gasteiger partial charge in [-0.3, -0.25) is 9.48 Å². The molecule has 5 heteroatoms. The van der Waals surface area contributed by atoms with Gasteiger partial charge < -0.3 is 11.1 Å². The van der Waals surface area contributed by atoms with E-state index in [4.69, 9.17) is 5.73 Å². The van der Waals surface area contributed by atoms with Crippen molar-refractivity contribution in [2.75, 3.05) is 5.73 Å². The Bertz CT molecular complexity index is 499. The van der Waals surface area contributed by atoms with Crippen LogP contribution in [0, 0.1) is 0 Å². The molecule has 0 saturated carbocycles. The van der Waals surface area contributed by atoms with Crippen LogP contribution in [-0.4, -0.2) is 15.7 Å². The van der Waals surface area contributed by atoms with Gasteiger partial charge in [0.15, 0.2) is 0 Å². The van der Waals surface area contributed by atoms with Crippen LogP contribution in [-0.2, 0) is 13.6 Å². The second-order valence-corrected chi connectivity index (χ2v) is 3.74. The minimum absolute atomic E-state index is 0.216. The fourth-order valence-corrected chi connectivity index (χ4v) is 1.59. The molecule has 1 heterocycles. The molecule has 0 unspecified atom stereocenters. The Morgan fingerprint density at radius 1 is 1.41 bits per heavy atom. The third-order valence-corrected chi connectivity index (χ3v) is 2.48. The van der Waals surface area contributed by atoms with Gasteiger partial charge in [-0.1, -0.05) is 30.3 Å². The van der Waals surface area contributed by atoms with Crippen molar-refractivity contribution in [2.24, 2.45) is 7.05 Å². The SMILES string of the molecule is Cn1ncc(N)c1C(=O)NCc1ccccc1. The van der Waals surface area contributed by atoms with Crippen LogP contribution in [0.5, 0.6) is 0 Å². The number of amides is 1. The summed E-state index contributed by atoms with van der Waals surface area (Å²) in [7, 11) is 1.69. The Morgan fingerprint density at radius 2 is 2.12 bits per heavy atom. The van der Waals surface area contributed by atoms with Gasteiger partial charge >= 0.3 is 0 Å². The van der Waals surface area contributed by atoms with E-state index in [1.165, 1.54) is 10.9 Å². The molecule has 0 bridgehead atoms. The van der Waals surface area contributed by atoms with E-state index in [9.17, 15) is 4.79 Å². The Balaban J connectivity index is 2.04. The van der Waals surface area contributed by atoms with E-state index in [-0.39, 0.29) is 5.91 Å². The minimum atomic E-state index is -0.216. The van der Waals surface area contributed by atoms with Crippen molar-refractivity contribution in [2.45, 2.75) is 6.54 Å². The number of benzene rings is 1. The van der Waals surface area contributed by atoms with Gasteiger partial charge in [0, 0.05) is 13.6 Å². The first-order chi connectivity index (χ1) is 8.18. The second-order valence-electron chi connectivity index (χ2n) is 3.74. The maximum absolute atomic E-state index is 11.9. The number of nitrogen functional groups attached to an aromatic ring is 1. The number of rotatable bonds is 3. The Hall–Kier alpha value is -2.30. The van der Waals surface area contributed by atoms with Crippen LogP contribution >= 0.6 is 0 Å². The average molecular weight is 230 g/mol. The number of aromatic nitrogens is 2. The molecule has 0 atom stereocenters. The number of carbonyl (C=O) groups is 1. The highest BCUT2D eigenvalue weighted by Gasteiger charge is 2.13. The van der Waals surface area contributed by atoms with Crippen molar-refractivity contribution in [3.63, 3.8) is 0 Å². The highest BCUT2D eigenvalue weighted by molar-refractivity contribution is 5.97. The lowest BCUT2D eigenvalue weighted by Crippen LogP contribution is -2.26. The molecular weight excluding hydrogens is 216 g/mol. The van der Waals surface area contributed by atoms with E-state index in [0.717, 1.165) is 5.56 Å². The lowest BCUT2D eigenvalue weighted by molar-refractivity contribution is 0.0942. The zero-order chi connectivity index (χ0) is 12.3. The van der Waals surface area contributed by atoms with Crippen molar-refractivity contribution < 1.29 is 4.79 Å². The van der Waals surface area contributed by atoms with E-state index >= 15 is 0 Å². The molecule has 2 aromatic rings. The van der Waals surface area contributed by atoms with Crippen LogP contribution in [0.2, 0.25) is 0 Å². The Morgan fingerprint density at radius 3 is 2.71 bits per heavy atom. The van der Waals surface area contributed by atoms with Crippen LogP contribution in [0.25, 0.3) is 0 Å². The van der Waals surface area contributed by atoms with Crippen molar-refractivity contribution in [3.05, 3.63) is 47.8 Å². The average Bonchev–Trinajstić information content (AvgIpc) is 2.67. The first kappa shape index (κ1) is 11.2.